The van der Waals surface area contributed by atoms with Crippen molar-refractivity contribution in [1.29, 1.82) is 0 Å². The van der Waals surface area contributed by atoms with Gasteiger partial charge in [-0.3, -0.25) is 14.8 Å². The summed E-state index contributed by atoms with van der Waals surface area (Å²) in [6.07, 6.45) is 0. The van der Waals surface area contributed by atoms with Gasteiger partial charge in [0.1, 0.15) is 0 Å². The summed E-state index contributed by atoms with van der Waals surface area (Å²) in [6, 6.07) is 16.0. The molecular weight excluding hydrogens is 483 g/mol. The second-order valence-electron chi connectivity index (χ2n) is 6.17. The van der Waals surface area contributed by atoms with E-state index in [1.165, 1.54) is 54.6 Å². The van der Waals surface area contributed by atoms with Crippen LogP contribution in [0.3, 0.4) is 0 Å². The molecule has 0 unspecified atom stereocenters. The van der Waals surface area contributed by atoms with Gasteiger partial charge >= 0.3 is 0 Å². The van der Waals surface area contributed by atoms with Crippen molar-refractivity contribution in [2.75, 3.05) is 15.4 Å². The minimum absolute atomic E-state index is 0.0309. The number of non-ortho nitro benzene ring substituents is 1. The number of thiocarbonyl (C=S) groups is 1. The molecule has 0 aromatic heterocycles. The van der Waals surface area contributed by atoms with Crippen molar-refractivity contribution >= 4 is 73.3 Å². The third-order valence-electron chi connectivity index (χ3n) is 3.87. The highest BCUT2D eigenvalue weighted by Gasteiger charge is 2.15. The molecule has 3 rings (SSSR count). The zero-order valence-electron chi connectivity index (χ0n) is 15.5. The lowest BCUT2D eigenvalue weighted by Gasteiger charge is -2.12. The van der Waals surface area contributed by atoms with Gasteiger partial charge in [-0.2, -0.15) is 0 Å². The zero-order valence-corrected chi connectivity index (χ0v) is 18.6. The van der Waals surface area contributed by atoms with Gasteiger partial charge in [0.2, 0.25) is 0 Å². The van der Waals surface area contributed by atoms with E-state index >= 15 is 0 Å². The number of nitro groups is 1. The third kappa shape index (κ3) is 6.28. The van der Waals surface area contributed by atoms with Crippen molar-refractivity contribution in [2.45, 2.75) is 4.90 Å². The topological polar surface area (TPSA) is 113 Å². The SMILES string of the molecule is O=[N+]([O-])c1ccc(NC(=S)Nc2ccc(S(=O)(=O)Nc3cc(Cl)cc(Cl)c3)cc2)cc1. The summed E-state index contributed by atoms with van der Waals surface area (Å²) < 4.78 is 27.6. The summed E-state index contributed by atoms with van der Waals surface area (Å²) in [5.74, 6) is 0. The van der Waals surface area contributed by atoms with Crippen LogP contribution in [-0.2, 0) is 10.0 Å². The van der Waals surface area contributed by atoms with Crippen LogP contribution in [0.1, 0.15) is 0 Å². The van der Waals surface area contributed by atoms with Crippen LogP contribution in [0.2, 0.25) is 10.0 Å². The quantitative estimate of drug-likeness (QED) is 0.234. The van der Waals surface area contributed by atoms with Crippen LogP contribution < -0.4 is 15.4 Å². The van der Waals surface area contributed by atoms with E-state index in [1.807, 2.05) is 0 Å². The lowest BCUT2D eigenvalue weighted by atomic mass is 10.3. The summed E-state index contributed by atoms with van der Waals surface area (Å²) in [5.41, 5.74) is 1.32. The third-order valence-corrected chi connectivity index (χ3v) is 5.91. The van der Waals surface area contributed by atoms with Gasteiger partial charge in [0.05, 0.1) is 15.5 Å². The Morgan fingerprint density at radius 3 is 1.81 bits per heavy atom. The Bertz CT molecular complexity index is 1210. The van der Waals surface area contributed by atoms with Crippen molar-refractivity contribution in [3.05, 3.63) is 86.9 Å². The molecule has 0 amide bonds. The number of nitrogens with one attached hydrogen (secondary N) is 3. The molecule has 0 aliphatic rings. The molecule has 3 aromatic rings. The molecule has 0 aliphatic carbocycles. The molecule has 0 spiro atoms. The summed E-state index contributed by atoms with van der Waals surface area (Å²) in [7, 11) is -3.85. The van der Waals surface area contributed by atoms with Crippen LogP contribution in [0.15, 0.2) is 71.6 Å². The molecule has 8 nitrogen and oxygen atoms in total. The molecule has 31 heavy (non-hydrogen) atoms. The molecule has 0 saturated carbocycles. The molecule has 0 fully saturated rings. The van der Waals surface area contributed by atoms with Gasteiger partial charge in [0.25, 0.3) is 15.7 Å². The molecule has 0 aliphatic heterocycles. The van der Waals surface area contributed by atoms with Gasteiger partial charge in [0, 0.05) is 33.6 Å². The highest BCUT2D eigenvalue weighted by Crippen LogP contribution is 2.25. The Balaban J connectivity index is 1.64. The average Bonchev–Trinajstić information content (AvgIpc) is 2.67. The molecule has 3 N–H and O–H groups in total. The number of rotatable bonds is 6. The lowest BCUT2D eigenvalue weighted by Crippen LogP contribution is -2.19. The maximum Gasteiger partial charge on any atom is 0.269 e. The van der Waals surface area contributed by atoms with Crippen LogP contribution >= 0.6 is 35.4 Å². The monoisotopic (exact) mass is 496 g/mol. The fraction of sp³-hybridized carbons (Fsp3) is 0. The Hall–Kier alpha value is -2.92. The van der Waals surface area contributed by atoms with Crippen LogP contribution in [0.5, 0.6) is 0 Å². The van der Waals surface area contributed by atoms with Crippen molar-refractivity contribution in [3.8, 4) is 0 Å². The maximum absolute atomic E-state index is 12.6. The van der Waals surface area contributed by atoms with Gasteiger partial charge in [-0.15, -0.1) is 0 Å². The van der Waals surface area contributed by atoms with E-state index in [0.717, 1.165) is 0 Å². The standard InChI is InChI=1S/C19H14Cl2N4O4S2/c20-12-9-13(21)11-16(10-12)24-31(28,29)18-7-3-15(4-8-18)23-19(30)22-14-1-5-17(6-2-14)25(26)27/h1-11,24H,(H2,22,23,30). The number of halogens is 2. The lowest BCUT2D eigenvalue weighted by molar-refractivity contribution is -0.384. The maximum atomic E-state index is 12.6. The van der Waals surface area contributed by atoms with Crippen molar-refractivity contribution in [3.63, 3.8) is 0 Å². The fourth-order valence-corrected chi connectivity index (χ4v) is 4.31. The molecule has 12 heteroatoms. The van der Waals surface area contributed by atoms with Crippen molar-refractivity contribution in [1.82, 2.24) is 0 Å². The average molecular weight is 497 g/mol. The largest absolute Gasteiger partial charge is 0.332 e. The summed E-state index contributed by atoms with van der Waals surface area (Å²) in [4.78, 5) is 10.2. The normalized spacial score (nSPS) is 10.9. The van der Waals surface area contributed by atoms with Crippen LogP contribution in [-0.4, -0.2) is 18.5 Å². The van der Waals surface area contributed by atoms with E-state index in [-0.39, 0.29) is 21.4 Å². The van der Waals surface area contributed by atoms with E-state index in [4.69, 9.17) is 35.4 Å². The van der Waals surface area contributed by atoms with Gasteiger partial charge in [-0.05, 0) is 66.8 Å². The number of nitro benzene ring substituents is 1. The fourth-order valence-electron chi connectivity index (χ4n) is 2.50. The first kappa shape index (κ1) is 22.8. The van der Waals surface area contributed by atoms with Gasteiger partial charge < -0.3 is 10.6 Å². The molecule has 0 saturated heterocycles. The van der Waals surface area contributed by atoms with Crippen LogP contribution in [0, 0.1) is 10.1 Å². The highest BCUT2D eigenvalue weighted by molar-refractivity contribution is 7.92. The summed E-state index contributed by atoms with van der Waals surface area (Å²) in [6.45, 7) is 0. The van der Waals surface area contributed by atoms with Crippen LogP contribution in [0.25, 0.3) is 0 Å². The Morgan fingerprint density at radius 2 is 1.32 bits per heavy atom. The second-order valence-corrected chi connectivity index (χ2v) is 9.13. The number of hydrogen-bond donors (Lipinski definition) is 3. The number of sulfonamides is 1. The van der Waals surface area contributed by atoms with Gasteiger partial charge in [-0.1, -0.05) is 23.2 Å². The number of anilines is 3. The van der Waals surface area contributed by atoms with Gasteiger partial charge in [0.15, 0.2) is 5.11 Å². The number of nitrogens with zero attached hydrogens (tertiary/aromatic N) is 1. The smallest absolute Gasteiger partial charge is 0.269 e. The summed E-state index contributed by atoms with van der Waals surface area (Å²) in [5, 5.41) is 17.3. The first-order valence-electron chi connectivity index (χ1n) is 8.54. The van der Waals surface area contributed by atoms with E-state index in [9.17, 15) is 18.5 Å². The van der Waals surface area contributed by atoms with E-state index in [1.54, 1.807) is 12.1 Å². The van der Waals surface area contributed by atoms with E-state index in [2.05, 4.69) is 15.4 Å². The second kappa shape index (κ2) is 9.48. The van der Waals surface area contributed by atoms with Crippen LogP contribution in [0.4, 0.5) is 22.7 Å². The van der Waals surface area contributed by atoms with Crippen molar-refractivity contribution < 1.29 is 13.3 Å². The van der Waals surface area contributed by atoms with E-state index < -0.39 is 14.9 Å². The molecule has 0 atom stereocenters. The molecule has 0 radical (unpaired) electrons. The minimum atomic E-state index is -3.85. The Labute approximate surface area is 193 Å². The molecule has 3 aromatic carbocycles. The molecule has 0 heterocycles. The number of hydrogen-bond acceptors (Lipinski definition) is 5. The Morgan fingerprint density at radius 1 is 0.839 bits per heavy atom. The Kier molecular flexibility index (Phi) is 6.96. The molecule has 160 valence electrons. The minimum Gasteiger partial charge on any atom is -0.332 e. The molecular formula is C19H14Cl2N4O4S2. The predicted octanol–water partition coefficient (Wildman–Crippen LogP) is 5.51. The number of benzene rings is 3. The first-order valence-corrected chi connectivity index (χ1v) is 11.2. The predicted molar refractivity (Wildman–Crippen MR) is 127 cm³/mol. The summed E-state index contributed by atoms with van der Waals surface area (Å²) >= 11 is 17.0. The van der Waals surface area contributed by atoms with Crippen molar-refractivity contribution in [2.24, 2.45) is 0 Å². The van der Waals surface area contributed by atoms with Gasteiger partial charge in [-0.25, -0.2) is 8.42 Å². The highest BCUT2D eigenvalue weighted by atomic mass is 35.5. The first-order chi connectivity index (χ1) is 14.6. The molecule has 0 bridgehead atoms. The zero-order chi connectivity index (χ0) is 22.6. The van der Waals surface area contributed by atoms with E-state index in [0.29, 0.717) is 21.4 Å².